The van der Waals surface area contributed by atoms with Gasteiger partial charge in [0.15, 0.2) is 0 Å². The van der Waals surface area contributed by atoms with Gasteiger partial charge >= 0.3 is 0 Å². The Kier molecular flexibility index (Phi) is 8.36. The van der Waals surface area contributed by atoms with Gasteiger partial charge in [0.2, 0.25) is 5.69 Å². The second-order valence-electron chi connectivity index (χ2n) is 19.6. The van der Waals surface area contributed by atoms with Crippen molar-refractivity contribution in [2.24, 2.45) is 0 Å². The molecule has 0 saturated heterocycles. The molecule has 0 radical (unpaired) electrons. The molecule has 8 heteroatoms. The Morgan fingerprint density at radius 2 is 0.632 bits per heavy atom. The fourth-order valence-electron chi connectivity index (χ4n) is 13.1. The first-order valence-corrected chi connectivity index (χ1v) is 27.0. The van der Waals surface area contributed by atoms with Crippen molar-refractivity contribution in [3.8, 4) is 28.8 Å². The Morgan fingerprint density at radius 1 is 0.303 bits per heavy atom. The van der Waals surface area contributed by atoms with Gasteiger partial charge in [-0.1, -0.05) is 146 Å². The fourth-order valence-corrected chi connectivity index (χ4v) is 15.3. The number of hydrogen-bond acceptors (Lipinski definition) is 3. The van der Waals surface area contributed by atoms with Crippen LogP contribution in [0.15, 0.2) is 218 Å². The molecule has 0 unspecified atom stereocenters. The first kappa shape index (κ1) is 41.5. The SMILES string of the molecule is [C-]#[N+]c1c(-n2c3ccccc3c3ccccc32)c(-n2c3ccccc3c3c4c(ccc32)sc2ccccc24)c(-n2c3ccccc3c3ccccc32)c(C#N)c1-n1c2ccccc2c2c3c(ccc21)sc1ccccc13. The van der Waals surface area contributed by atoms with Crippen LogP contribution in [-0.4, -0.2) is 18.3 Å². The smallest absolute Gasteiger partial charge is 0.237 e. The van der Waals surface area contributed by atoms with Gasteiger partial charge in [0, 0.05) is 83.4 Å². The Morgan fingerprint density at radius 3 is 1.04 bits per heavy atom. The molecule has 350 valence electrons. The molecule has 0 N–H and O–H groups in total. The van der Waals surface area contributed by atoms with E-state index >= 15 is 0 Å². The highest BCUT2D eigenvalue weighted by atomic mass is 32.1. The maximum Gasteiger partial charge on any atom is 0.237 e. The highest BCUT2D eigenvalue weighted by Crippen LogP contribution is 2.54. The Labute approximate surface area is 441 Å². The number of aromatic nitrogens is 4. The van der Waals surface area contributed by atoms with E-state index in [4.69, 9.17) is 4.85 Å². The van der Waals surface area contributed by atoms with Crippen LogP contribution in [0, 0.1) is 17.9 Å². The van der Waals surface area contributed by atoms with Crippen LogP contribution >= 0.6 is 22.7 Å². The van der Waals surface area contributed by atoms with Crippen LogP contribution in [0.5, 0.6) is 0 Å². The largest absolute Gasteiger partial charge is 0.317 e. The van der Waals surface area contributed by atoms with Crippen molar-refractivity contribution < 1.29 is 0 Å². The monoisotopic (exact) mass is 1000 g/mol. The number of nitrogens with zero attached hydrogens (tertiary/aromatic N) is 6. The molecule has 17 aromatic rings. The molecule has 0 fully saturated rings. The van der Waals surface area contributed by atoms with E-state index in [-0.39, 0.29) is 0 Å². The summed E-state index contributed by atoms with van der Waals surface area (Å²) in [5.41, 5.74) is 11.0. The first-order valence-electron chi connectivity index (χ1n) is 25.4. The van der Waals surface area contributed by atoms with E-state index in [9.17, 15) is 11.8 Å². The molecule has 6 aromatic heterocycles. The van der Waals surface area contributed by atoms with Crippen molar-refractivity contribution in [1.29, 1.82) is 5.26 Å². The van der Waals surface area contributed by atoms with Crippen molar-refractivity contribution in [3.05, 3.63) is 235 Å². The Bertz CT molecular complexity index is 5260. The standard InChI is InChI=1S/C68H36N6S2/c1-70-64-65(73-52-30-14-6-22-43(52)60-54(73)34-36-58-62(60)45-24-8-16-32-56(45)75-58)47(38-69)66(71-48-26-10-2-18-39(48)40-19-3-11-27-49(40)71)68(67(64)72-50-28-12-4-20-41(50)42-21-5-13-29-51(42)72)74-53-31-15-7-23-44(53)61-55(74)35-37-59-63(61)46-25-9-17-33-57(46)76-59/h2-37H. The zero-order chi connectivity index (χ0) is 49.9. The summed E-state index contributed by atoms with van der Waals surface area (Å²) in [7, 11) is 0. The molecule has 0 saturated carbocycles. The lowest BCUT2D eigenvalue weighted by Gasteiger charge is -2.27. The number of benzene rings is 11. The molecular formula is C68H36N6S2. The number of rotatable bonds is 4. The maximum atomic E-state index is 12.6. The van der Waals surface area contributed by atoms with Gasteiger partial charge in [-0.15, -0.1) is 22.7 Å². The minimum absolute atomic E-state index is 0.369. The molecule has 76 heavy (non-hydrogen) atoms. The fraction of sp³-hybridized carbons (Fsp3) is 0. The van der Waals surface area contributed by atoms with Gasteiger partial charge in [0.05, 0.1) is 79.0 Å². The van der Waals surface area contributed by atoms with Crippen LogP contribution in [0.2, 0.25) is 0 Å². The predicted octanol–water partition coefficient (Wildman–Crippen LogP) is 19.2. The third-order valence-corrected chi connectivity index (χ3v) is 18.3. The van der Waals surface area contributed by atoms with Crippen LogP contribution in [-0.2, 0) is 0 Å². The number of para-hydroxylation sites is 6. The zero-order valence-corrected chi connectivity index (χ0v) is 41.9. The molecule has 6 heterocycles. The summed E-state index contributed by atoms with van der Waals surface area (Å²) in [5, 5.41) is 26.1. The molecule has 0 amide bonds. The van der Waals surface area contributed by atoms with Gasteiger partial charge in [0.1, 0.15) is 6.07 Å². The molecule has 0 bridgehead atoms. The van der Waals surface area contributed by atoms with Crippen molar-refractivity contribution in [1.82, 2.24) is 18.3 Å². The van der Waals surface area contributed by atoms with Crippen LogP contribution in [0.25, 0.3) is 155 Å². The predicted molar refractivity (Wildman–Crippen MR) is 321 cm³/mol. The van der Waals surface area contributed by atoms with Gasteiger partial charge in [-0.25, -0.2) is 4.85 Å². The second-order valence-corrected chi connectivity index (χ2v) is 21.8. The second kappa shape index (κ2) is 15.3. The molecule has 0 aliphatic carbocycles. The van der Waals surface area contributed by atoms with Crippen LogP contribution < -0.4 is 0 Å². The summed E-state index contributed by atoms with van der Waals surface area (Å²) >= 11 is 3.61. The highest BCUT2D eigenvalue weighted by Gasteiger charge is 2.35. The van der Waals surface area contributed by atoms with Crippen molar-refractivity contribution in [3.63, 3.8) is 0 Å². The molecule has 0 aliphatic heterocycles. The molecule has 0 aliphatic rings. The van der Waals surface area contributed by atoms with Crippen LogP contribution in [0.1, 0.15) is 5.56 Å². The Balaban J connectivity index is 1.19. The van der Waals surface area contributed by atoms with E-state index in [1.807, 2.05) is 11.3 Å². The van der Waals surface area contributed by atoms with Crippen LogP contribution in [0.3, 0.4) is 0 Å². The van der Waals surface area contributed by atoms with E-state index < -0.39 is 0 Å². The molecule has 6 nitrogen and oxygen atoms in total. The molecular weight excluding hydrogens is 965 g/mol. The summed E-state index contributed by atoms with van der Waals surface area (Å²) in [5.74, 6) is 0. The normalized spacial score (nSPS) is 12.2. The minimum atomic E-state index is 0.369. The van der Waals surface area contributed by atoms with Gasteiger partial charge in [-0.2, -0.15) is 5.26 Å². The van der Waals surface area contributed by atoms with Crippen molar-refractivity contribution in [2.75, 3.05) is 0 Å². The number of nitriles is 1. The van der Waals surface area contributed by atoms with Gasteiger partial charge in [-0.3, -0.25) is 0 Å². The summed E-state index contributed by atoms with van der Waals surface area (Å²) in [6, 6.07) is 80.7. The minimum Gasteiger partial charge on any atom is -0.317 e. The quantitative estimate of drug-likeness (QED) is 0.162. The third kappa shape index (κ3) is 5.26. The van der Waals surface area contributed by atoms with Gasteiger partial charge < -0.3 is 18.3 Å². The topological polar surface area (TPSA) is 47.9 Å². The third-order valence-electron chi connectivity index (χ3n) is 16.0. The summed E-state index contributed by atoms with van der Waals surface area (Å²) < 4.78 is 14.1. The highest BCUT2D eigenvalue weighted by molar-refractivity contribution is 7.26. The zero-order valence-electron chi connectivity index (χ0n) is 40.3. The van der Waals surface area contributed by atoms with Gasteiger partial charge in [0.25, 0.3) is 0 Å². The number of hydrogen-bond donors (Lipinski definition) is 0. The average Bonchev–Trinajstić information content (AvgIpc) is 4.49. The summed E-state index contributed by atoms with van der Waals surface area (Å²) in [6.45, 7) is 9.86. The average molecular weight is 1000 g/mol. The lowest BCUT2D eigenvalue weighted by atomic mass is 10.0. The molecule has 17 rings (SSSR count). The number of thiophene rings is 2. The van der Waals surface area contributed by atoms with E-state index in [2.05, 4.69) is 243 Å². The van der Waals surface area contributed by atoms with E-state index in [1.165, 1.54) is 40.3 Å². The maximum absolute atomic E-state index is 12.6. The number of fused-ring (bicyclic) bond motifs is 20. The Hall–Kier alpha value is -9.96. The van der Waals surface area contributed by atoms with E-state index in [0.717, 1.165) is 92.9 Å². The van der Waals surface area contributed by atoms with E-state index in [0.29, 0.717) is 28.3 Å². The van der Waals surface area contributed by atoms with E-state index in [1.54, 1.807) is 11.3 Å². The molecule has 0 spiro atoms. The lowest BCUT2D eigenvalue weighted by Crippen LogP contribution is -2.14. The summed E-state index contributed by atoms with van der Waals surface area (Å²) in [6.07, 6.45) is 0. The lowest BCUT2D eigenvalue weighted by molar-refractivity contribution is 1.03. The van der Waals surface area contributed by atoms with Crippen molar-refractivity contribution in [2.45, 2.75) is 0 Å². The molecule has 0 atom stereocenters. The van der Waals surface area contributed by atoms with Gasteiger partial charge in [-0.05, 0) is 72.8 Å². The van der Waals surface area contributed by atoms with Crippen molar-refractivity contribution >= 4 is 156 Å². The van der Waals surface area contributed by atoms with Crippen LogP contribution in [0.4, 0.5) is 5.69 Å². The summed E-state index contributed by atoms with van der Waals surface area (Å²) in [4.78, 5) is 4.82. The first-order chi connectivity index (χ1) is 37.7. The molecule has 11 aromatic carbocycles.